The molecule has 2 unspecified atom stereocenters. The third kappa shape index (κ3) is 4.47. The average Bonchev–Trinajstić information content (AvgIpc) is 3.12. The fourth-order valence-electron chi connectivity index (χ4n) is 4.31. The Morgan fingerprint density at radius 3 is 2.31 bits per heavy atom. The number of hydrogen-bond acceptors (Lipinski definition) is 5. The van der Waals surface area contributed by atoms with Crippen LogP contribution in [0.25, 0.3) is 11.1 Å². The summed E-state index contributed by atoms with van der Waals surface area (Å²) in [6.45, 7) is 2.25. The van der Waals surface area contributed by atoms with Crippen molar-refractivity contribution in [2.75, 3.05) is 18.9 Å². The van der Waals surface area contributed by atoms with Gasteiger partial charge in [-0.2, -0.15) is 0 Å². The number of nitrogen functional groups attached to an aromatic ring is 1. The quantitative estimate of drug-likeness (QED) is 0.424. The monoisotopic (exact) mass is 432 g/mol. The Kier molecular flexibility index (Phi) is 6.44. The van der Waals surface area contributed by atoms with Crippen molar-refractivity contribution in [3.05, 3.63) is 89.0 Å². The van der Waals surface area contributed by atoms with Crippen molar-refractivity contribution in [2.24, 2.45) is 0 Å². The van der Waals surface area contributed by atoms with Gasteiger partial charge in [-0.05, 0) is 58.9 Å². The van der Waals surface area contributed by atoms with E-state index in [0.29, 0.717) is 11.3 Å². The zero-order chi connectivity index (χ0) is 22.7. The van der Waals surface area contributed by atoms with E-state index in [-0.39, 0.29) is 25.5 Å². The number of fused-ring (bicyclic) bond motifs is 3. The number of nitrogens with one attached hydrogen (secondary N) is 1. The summed E-state index contributed by atoms with van der Waals surface area (Å²) in [5, 5.41) is 23.4. The molecule has 0 spiro atoms. The van der Waals surface area contributed by atoms with Crippen LogP contribution in [0.3, 0.4) is 0 Å². The molecule has 0 saturated carbocycles. The SMILES string of the molecule is Cc1ccc(N)cc1C(O)C(O)CCNC(=O)OCC1c2ccccc2-c2ccccc21. The minimum absolute atomic E-state index is 0.00734. The first kappa shape index (κ1) is 21.9. The van der Waals surface area contributed by atoms with Crippen molar-refractivity contribution in [1.29, 1.82) is 0 Å². The average molecular weight is 433 g/mol. The second-order valence-corrected chi connectivity index (χ2v) is 8.17. The highest BCUT2D eigenvalue weighted by Gasteiger charge is 2.29. The maximum absolute atomic E-state index is 12.2. The van der Waals surface area contributed by atoms with Gasteiger partial charge in [-0.15, -0.1) is 0 Å². The second kappa shape index (κ2) is 9.42. The summed E-state index contributed by atoms with van der Waals surface area (Å²) in [5.74, 6) is -0.00734. The van der Waals surface area contributed by atoms with Gasteiger partial charge in [0.05, 0.1) is 6.10 Å². The van der Waals surface area contributed by atoms with Crippen LogP contribution in [0.1, 0.15) is 40.7 Å². The lowest BCUT2D eigenvalue weighted by Gasteiger charge is -2.20. The van der Waals surface area contributed by atoms with E-state index < -0.39 is 18.3 Å². The molecule has 6 heteroatoms. The Balaban J connectivity index is 1.29. The lowest BCUT2D eigenvalue weighted by atomic mass is 9.97. The fraction of sp³-hybridized carbons (Fsp3) is 0.269. The topological polar surface area (TPSA) is 105 Å². The molecule has 0 aromatic heterocycles. The summed E-state index contributed by atoms with van der Waals surface area (Å²) in [7, 11) is 0. The van der Waals surface area contributed by atoms with Crippen molar-refractivity contribution in [1.82, 2.24) is 5.32 Å². The third-order valence-corrected chi connectivity index (χ3v) is 6.04. The van der Waals surface area contributed by atoms with E-state index in [4.69, 9.17) is 10.5 Å². The van der Waals surface area contributed by atoms with E-state index in [2.05, 4.69) is 29.6 Å². The normalized spacial score (nSPS) is 14.3. The molecule has 3 aromatic carbocycles. The number of carbonyl (C=O) groups is 1. The Morgan fingerprint density at radius 2 is 1.66 bits per heavy atom. The molecule has 1 aliphatic carbocycles. The van der Waals surface area contributed by atoms with Crippen LogP contribution in [0.4, 0.5) is 10.5 Å². The number of hydrogen-bond donors (Lipinski definition) is 4. The molecular weight excluding hydrogens is 404 g/mol. The zero-order valence-corrected chi connectivity index (χ0v) is 18.0. The van der Waals surface area contributed by atoms with Gasteiger partial charge in [0, 0.05) is 18.2 Å². The number of anilines is 1. The molecule has 1 amide bonds. The molecule has 1 aliphatic rings. The van der Waals surface area contributed by atoms with E-state index in [0.717, 1.165) is 16.7 Å². The number of amides is 1. The molecule has 0 saturated heterocycles. The van der Waals surface area contributed by atoms with Gasteiger partial charge in [-0.25, -0.2) is 4.79 Å². The van der Waals surface area contributed by atoms with Crippen molar-refractivity contribution >= 4 is 11.8 Å². The van der Waals surface area contributed by atoms with Crippen LogP contribution < -0.4 is 11.1 Å². The van der Waals surface area contributed by atoms with Gasteiger partial charge in [0.1, 0.15) is 12.7 Å². The lowest BCUT2D eigenvalue weighted by Crippen LogP contribution is -2.30. The first-order valence-corrected chi connectivity index (χ1v) is 10.8. The number of carbonyl (C=O) groups excluding carboxylic acids is 1. The van der Waals surface area contributed by atoms with Crippen LogP contribution in [-0.2, 0) is 4.74 Å². The van der Waals surface area contributed by atoms with Crippen LogP contribution >= 0.6 is 0 Å². The van der Waals surface area contributed by atoms with Crippen molar-refractivity contribution < 1.29 is 19.7 Å². The number of aryl methyl sites for hydroxylation is 1. The highest BCUT2D eigenvalue weighted by molar-refractivity contribution is 5.79. The smallest absolute Gasteiger partial charge is 0.407 e. The number of ether oxygens (including phenoxy) is 1. The van der Waals surface area contributed by atoms with E-state index >= 15 is 0 Å². The first-order chi connectivity index (χ1) is 15.5. The van der Waals surface area contributed by atoms with Gasteiger partial charge in [0.25, 0.3) is 0 Å². The molecule has 0 fully saturated rings. The van der Waals surface area contributed by atoms with E-state index in [1.165, 1.54) is 11.1 Å². The number of aliphatic hydroxyl groups is 2. The molecule has 166 valence electrons. The molecule has 0 bridgehead atoms. The molecule has 5 N–H and O–H groups in total. The minimum Gasteiger partial charge on any atom is -0.449 e. The van der Waals surface area contributed by atoms with E-state index in [1.54, 1.807) is 18.2 Å². The maximum Gasteiger partial charge on any atom is 0.407 e. The van der Waals surface area contributed by atoms with Crippen molar-refractivity contribution in [3.8, 4) is 11.1 Å². The predicted molar refractivity (Wildman–Crippen MR) is 124 cm³/mol. The van der Waals surface area contributed by atoms with Gasteiger partial charge in [0.2, 0.25) is 0 Å². The molecule has 2 atom stereocenters. The lowest BCUT2D eigenvalue weighted by molar-refractivity contribution is 0.0133. The van der Waals surface area contributed by atoms with Crippen LogP contribution in [0.5, 0.6) is 0 Å². The fourth-order valence-corrected chi connectivity index (χ4v) is 4.31. The van der Waals surface area contributed by atoms with E-state index in [9.17, 15) is 15.0 Å². The molecule has 32 heavy (non-hydrogen) atoms. The molecule has 0 heterocycles. The molecule has 0 aliphatic heterocycles. The molecule has 6 nitrogen and oxygen atoms in total. The summed E-state index contributed by atoms with van der Waals surface area (Å²) in [6, 6.07) is 21.5. The molecule has 4 rings (SSSR count). The van der Waals surface area contributed by atoms with Gasteiger partial charge in [-0.1, -0.05) is 54.6 Å². The summed E-state index contributed by atoms with van der Waals surface area (Å²) in [5.41, 5.74) is 12.4. The molecule has 0 radical (unpaired) electrons. The number of benzene rings is 3. The van der Waals surface area contributed by atoms with Crippen LogP contribution in [0, 0.1) is 6.92 Å². The summed E-state index contributed by atoms with van der Waals surface area (Å²) < 4.78 is 5.49. The molecular formula is C26H28N2O4. The van der Waals surface area contributed by atoms with Gasteiger partial charge >= 0.3 is 6.09 Å². The minimum atomic E-state index is -1.08. The maximum atomic E-state index is 12.2. The van der Waals surface area contributed by atoms with Gasteiger partial charge < -0.3 is 26.0 Å². The van der Waals surface area contributed by atoms with Crippen LogP contribution in [0.15, 0.2) is 66.7 Å². The highest BCUT2D eigenvalue weighted by Crippen LogP contribution is 2.44. The number of alkyl carbamates (subject to hydrolysis) is 1. The van der Waals surface area contributed by atoms with Crippen molar-refractivity contribution in [2.45, 2.75) is 31.5 Å². The Labute approximate surface area is 187 Å². The summed E-state index contributed by atoms with van der Waals surface area (Å²) >= 11 is 0. The Hall–Kier alpha value is -3.35. The standard InChI is InChI=1S/C26H28N2O4/c1-16-10-11-17(27)14-22(16)25(30)24(29)12-13-28-26(31)32-15-23-20-8-4-2-6-18(20)19-7-3-5-9-21(19)23/h2-11,14,23-25,29-30H,12-13,15,27H2,1H3,(H,28,31). The number of nitrogens with two attached hydrogens (primary N) is 1. The zero-order valence-electron chi connectivity index (χ0n) is 18.0. The predicted octanol–water partition coefficient (Wildman–Crippen LogP) is 3.90. The van der Waals surface area contributed by atoms with Crippen LogP contribution in [-0.4, -0.2) is 35.6 Å². The van der Waals surface area contributed by atoms with Crippen molar-refractivity contribution in [3.63, 3.8) is 0 Å². The first-order valence-electron chi connectivity index (χ1n) is 10.8. The number of rotatable bonds is 7. The van der Waals surface area contributed by atoms with Gasteiger partial charge in [-0.3, -0.25) is 0 Å². The molecule has 3 aromatic rings. The van der Waals surface area contributed by atoms with Crippen LogP contribution in [0.2, 0.25) is 0 Å². The second-order valence-electron chi connectivity index (χ2n) is 8.17. The highest BCUT2D eigenvalue weighted by atomic mass is 16.5. The Bertz CT molecular complexity index is 1070. The van der Waals surface area contributed by atoms with Gasteiger partial charge in [0.15, 0.2) is 0 Å². The summed E-state index contributed by atoms with van der Waals surface area (Å²) in [4.78, 5) is 12.2. The summed E-state index contributed by atoms with van der Waals surface area (Å²) in [6.07, 6.45) is -2.49. The third-order valence-electron chi connectivity index (χ3n) is 6.04. The Morgan fingerprint density at radius 1 is 1.03 bits per heavy atom. The van der Waals surface area contributed by atoms with E-state index in [1.807, 2.05) is 31.2 Å². The number of aliphatic hydroxyl groups excluding tert-OH is 2. The largest absolute Gasteiger partial charge is 0.449 e.